The van der Waals surface area contributed by atoms with Crippen molar-refractivity contribution in [1.82, 2.24) is 18.7 Å². The van der Waals surface area contributed by atoms with Gasteiger partial charge in [-0.3, -0.25) is 0 Å². The molecule has 0 aliphatic carbocycles. The standard InChI is InChI=1S/C52H60N4S3/c1-9-11-13-15-23-29-35-36(30-24-16-14-12-10-2)38-32-40(51(3,4)5)58-50(38)49-37(35)31-39(57-49)41-45-47(42(52(6,7)8)48-46(41)55-59-56-48)54-44(34-27-21-18-22-28-34)43(53-45)33-25-19-17-20-26-33/h17-22,25-28,31-32H,9-16,23-24,29-30H2,1-8H3. The van der Waals surface area contributed by atoms with E-state index in [1.165, 1.54) is 106 Å². The fourth-order valence-corrected chi connectivity index (χ4v) is 12.0. The predicted molar refractivity (Wildman–Crippen MR) is 260 cm³/mol. The maximum Gasteiger partial charge on any atom is 0.116 e. The molecule has 306 valence electrons. The zero-order chi connectivity index (χ0) is 41.3. The highest BCUT2D eigenvalue weighted by atomic mass is 32.1. The minimum Gasteiger partial charge on any atom is -0.243 e. The first-order chi connectivity index (χ1) is 28.5. The molecule has 0 unspecified atom stereocenters. The van der Waals surface area contributed by atoms with Crippen LogP contribution in [0.5, 0.6) is 0 Å². The Morgan fingerprint density at radius 2 is 1.02 bits per heavy atom. The summed E-state index contributed by atoms with van der Waals surface area (Å²) in [4.78, 5) is 14.1. The Morgan fingerprint density at radius 3 is 1.56 bits per heavy atom. The van der Waals surface area contributed by atoms with Crippen LogP contribution in [-0.2, 0) is 23.7 Å². The molecule has 4 aromatic heterocycles. The summed E-state index contributed by atoms with van der Waals surface area (Å²) in [7, 11) is 0. The molecule has 8 rings (SSSR count). The van der Waals surface area contributed by atoms with Gasteiger partial charge < -0.3 is 0 Å². The molecule has 0 radical (unpaired) electrons. The van der Waals surface area contributed by atoms with Crippen LogP contribution >= 0.6 is 34.4 Å². The van der Waals surface area contributed by atoms with Crippen molar-refractivity contribution < 1.29 is 0 Å². The minimum absolute atomic E-state index is 0.0755. The van der Waals surface area contributed by atoms with Crippen LogP contribution in [0.4, 0.5) is 0 Å². The second-order valence-corrected chi connectivity index (χ2v) is 21.2. The first kappa shape index (κ1) is 41.7. The van der Waals surface area contributed by atoms with Gasteiger partial charge in [0.25, 0.3) is 0 Å². The number of fused-ring (bicyclic) bond motifs is 5. The van der Waals surface area contributed by atoms with Crippen LogP contribution in [0.1, 0.15) is 141 Å². The van der Waals surface area contributed by atoms with Gasteiger partial charge in [0.15, 0.2) is 0 Å². The van der Waals surface area contributed by atoms with Crippen LogP contribution in [0.3, 0.4) is 0 Å². The highest BCUT2D eigenvalue weighted by molar-refractivity contribution is 7.29. The van der Waals surface area contributed by atoms with Crippen molar-refractivity contribution in [2.75, 3.05) is 0 Å². The number of thiophene rings is 2. The predicted octanol–water partition coefficient (Wildman–Crippen LogP) is 16.7. The van der Waals surface area contributed by atoms with Crippen molar-refractivity contribution >= 4 is 76.6 Å². The Balaban J connectivity index is 1.44. The summed E-state index contributed by atoms with van der Waals surface area (Å²) in [5.74, 6) is 0. The van der Waals surface area contributed by atoms with Gasteiger partial charge in [0.05, 0.1) is 38.0 Å². The Morgan fingerprint density at radius 1 is 0.508 bits per heavy atom. The van der Waals surface area contributed by atoms with E-state index in [9.17, 15) is 0 Å². The number of benzene rings is 4. The van der Waals surface area contributed by atoms with Crippen LogP contribution in [0.15, 0.2) is 72.8 Å². The van der Waals surface area contributed by atoms with Crippen molar-refractivity contribution in [3.8, 4) is 33.0 Å². The lowest BCUT2D eigenvalue weighted by atomic mass is 9.83. The highest BCUT2D eigenvalue weighted by Gasteiger charge is 2.31. The van der Waals surface area contributed by atoms with Crippen molar-refractivity contribution in [1.29, 1.82) is 0 Å². The first-order valence-electron chi connectivity index (χ1n) is 22.1. The van der Waals surface area contributed by atoms with Crippen molar-refractivity contribution in [3.63, 3.8) is 0 Å². The SMILES string of the molecule is CCCCCCCc1c(CCCCCCC)c2cc(C(C)(C)C)sc2c2sc(-c3c4nsnc4c(C(C)(C)C)c4nc(-c5ccccc5)c(-c5ccccc5)nc34)cc12. The van der Waals surface area contributed by atoms with Crippen molar-refractivity contribution in [2.24, 2.45) is 0 Å². The third kappa shape index (κ3) is 8.37. The molecule has 0 atom stereocenters. The number of hydrogen-bond acceptors (Lipinski definition) is 7. The van der Waals surface area contributed by atoms with Crippen molar-refractivity contribution in [2.45, 2.75) is 143 Å². The molecular formula is C52H60N4S3. The maximum atomic E-state index is 5.74. The van der Waals surface area contributed by atoms with E-state index < -0.39 is 0 Å². The van der Waals surface area contributed by atoms with Gasteiger partial charge in [-0.2, -0.15) is 8.75 Å². The van der Waals surface area contributed by atoms with Gasteiger partial charge >= 0.3 is 0 Å². The second-order valence-electron chi connectivity index (χ2n) is 18.6. The van der Waals surface area contributed by atoms with E-state index >= 15 is 0 Å². The van der Waals surface area contributed by atoms with Crippen LogP contribution in [-0.4, -0.2) is 18.7 Å². The summed E-state index contributed by atoms with van der Waals surface area (Å²) in [6.45, 7) is 18.5. The van der Waals surface area contributed by atoms with Gasteiger partial charge in [0, 0.05) is 32.0 Å². The molecular weight excluding hydrogens is 777 g/mol. The normalized spacial score (nSPS) is 12.5. The van der Waals surface area contributed by atoms with Gasteiger partial charge in [-0.15, -0.1) is 22.7 Å². The summed E-state index contributed by atoms with van der Waals surface area (Å²) in [5.41, 5.74) is 12.8. The third-order valence-corrected chi connectivity index (χ3v) is 15.3. The van der Waals surface area contributed by atoms with E-state index in [0.717, 1.165) is 68.6 Å². The Labute approximate surface area is 363 Å². The van der Waals surface area contributed by atoms with E-state index in [2.05, 4.69) is 128 Å². The lowest BCUT2D eigenvalue weighted by Gasteiger charge is -2.23. The largest absolute Gasteiger partial charge is 0.243 e. The average molecular weight is 837 g/mol. The molecule has 0 saturated heterocycles. The van der Waals surface area contributed by atoms with Gasteiger partial charge in [-0.1, -0.05) is 167 Å². The zero-order valence-corrected chi connectivity index (χ0v) is 38.9. The Bertz CT molecular complexity index is 2710. The lowest BCUT2D eigenvalue weighted by molar-refractivity contribution is 0.599. The van der Waals surface area contributed by atoms with Crippen LogP contribution in [0.2, 0.25) is 0 Å². The summed E-state index contributed by atoms with van der Waals surface area (Å²) in [6.07, 6.45) is 15.1. The number of rotatable bonds is 15. The number of unbranched alkanes of at least 4 members (excludes halogenated alkanes) is 8. The van der Waals surface area contributed by atoms with Gasteiger partial charge in [0.2, 0.25) is 0 Å². The first-order valence-corrected chi connectivity index (χ1v) is 24.5. The van der Waals surface area contributed by atoms with E-state index in [4.69, 9.17) is 18.7 Å². The molecule has 4 nitrogen and oxygen atoms in total. The number of aromatic nitrogens is 4. The Hall–Kier alpha value is -4.04. The maximum absolute atomic E-state index is 5.74. The molecule has 0 saturated carbocycles. The summed E-state index contributed by atoms with van der Waals surface area (Å²) in [6, 6.07) is 26.2. The average Bonchev–Trinajstić information content (AvgIpc) is 3.99. The molecule has 8 aromatic rings. The lowest BCUT2D eigenvalue weighted by Crippen LogP contribution is -2.14. The smallest absolute Gasteiger partial charge is 0.116 e. The Kier molecular flexibility index (Phi) is 12.4. The minimum atomic E-state index is -0.245. The molecule has 4 aromatic carbocycles. The molecule has 0 aliphatic heterocycles. The monoisotopic (exact) mass is 836 g/mol. The second kappa shape index (κ2) is 17.5. The number of nitrogens with zero attached hydrogens (tertiary/aromatic N) is 4. The molecule has 0 fully saturated rings. The van der Waals surface area contributed by atoms with Gasteiger partial charge in [-0.05, 0) is 70.5 Å². The highest BCUT2D eigenvalue weighted by Crippen LogP contribution is 2.51. The molecule has 0 amide bonds. The van der Waals surface area contributed by atoms with E-state index in [1.807, 2.05) is 22.7 Å². The quantitative estimate of drug-likeness (QED) is 0.0965. The van der Waals surface area contributed by atoms with Gasteiger partial charge in [0.1, 0.15) is 16.6 Å². The van der Waals surface area contributed by atoms with Crippen LogP contribution in [0, 0.1) is 0 Å². The zero-order valence-electron chi connectivity index (χ0n) is 36.4. The number of aryl methyl sites for hydroxylation is 2. The molecule has 0 N–H and O–H groups in total. The summed E-state index contributed by atoms with van der Waals surface area (Å²) >= 11 is 5.26. The molecule has 4 heterocycles. The summed E-state index contributed by atoms with van der Waals surface area (Å²) < 4.78 is 13.0. The molecule has 7 heteroatoms. The summed E-state index contributed by atoms with van der Waals surface area (Å²) in [5, 5.41) is 2.92. The fourth-order valence-electron chi connectivity index (χ4n) is 8.83. The van der Waals surface area contributed by atoms with E-state index in [1.54, 1.807) is 11.1 Å². The molecule has 0 aliphatic rings. The number of hydrogen-bond donors (Lipinski definition) is 0. The topological polar surface area (TPSA) is 51.6 Å². The van der Waals surface area contributed by atoms with E-state index in [0.29, 0.717) is 0 Å². The van der Waals surface area contributed by atoms with E-state index in [-0.39, 0.29) is 10.8 Å². The van der Waals surface area contributed by atoms with Crippen LogP contribution in [0.25, 0.3) is 75.2 Å². The van der Waals surface area contributed by atoms with Crippen molar-refractivity contribution in [3.05, 3.63) is 94.4 Å². The molecule has 0 spiro atoms. The van der Waals surface area contributed by atoms with Crippen LogP contribution < -0.4 is 0 Å². The fraction of sp³-hybridized carbons (Fsp3) is 0.423. The molecule has 59 heavy (non-hydrogen) atoms. The molecule has 0 bridgehead atoms. The van der Waals surface area contributed by atoms with Gasteiger partial charge in [-0.25, -0.2) is 9.97 Å². The third-order valence-electron chi connectivity index (χ3n) is 11.9.